The Kier molecular flexibility index (Phi) is 7.25. The monoisotopic (exact) mass is 658 g/mol. The van der Waals surface area contributed by atoms with Crippen LogP contribution in [0.3, 0.4) is 0 Å². The van der Waals surface area contributed by atoms with Crippen molar-refractivity contribution in [2.24, 2.45) is 0 Å². The lowest BCUT2D eigenvalue weighted by Crippen LogP contribution is -1.90. The summed E-state index contributed by atoms with van der Waals surface area (Å²) in [4.78, 5) is 0. The maximum Gasteiger partial charge on any atom is -0.00923 e. The van der Waals surface area contributed by atoms with Gasteiger partial charge in [-0.3, -0.25) is 0 Å². The van der Waals surface area contributed by atoms with E-state index in [0.29, 0.717) is 0 Å². The summed E-state index contributed by atoms with van der Waals surface area (Å²) in [5.41, 5.74) is 12.3. The number of hydrogen-bond donors (Lipinski definition) is 0. The Morgan fingerprint density at radius 1 is 0.173 bits per heavy atom. The van der Waals surface area contributed by atoms with Crippen molar-refractivity contribution >= 4 is 43.1 Å². The third-order valence-corrected chi connectivity index (χ3v) is 10.6. The van der Waals surface area contributed by atoms with Crippen molar-refractivity contribution in [2.75, 3.05) is 0 Å². The van der Waals surface area contributed by atoms with Crippen molar-refractivity contribution in [3.63, 3.8) is 0 Å². The minimum atomic E-state index is 1.21. The highest BCUT2D eigenvalue weighted by molar-refractivity contribution is 6.21. The van der Waals surface area contributed by atoms with Gasteiger partial charge in [-0.2, -0.15) is 0 Å². The van der Waals surface area contributed by atoms with E-state index in [4.69, 9.17) is 0 Å². The molecule has 0 atom stereocenters. The zero-order chi connectivity index (χ0) is 34.4. The molecule has 0 aliphatic heterocycles. The molecule has 0 amide bonds. The van der Waals surface area contributed by atoms with Crippen LogP contribution in [0.1, 0.15) is 0 Å². The first-order chi connectivity index (χ1) is 25.8. The first-order valence-corrected chi connectivity index (χ1v) is 18.0. The lowest BCUT2D eigenvalue weighted by Gasteiger charge is -2.17. The molecule has 0 heteroatoms. The molecule has 0 saturated carbocycles. The minimum absolute atomic E-state index is 1.21. The maximum absolute atomic E-state index is 2.43. The highest BCUT2D eigenvalue weighted by Gasteiger charge is 2.16. The van der Waals surface area contributed by atoms with Crippen molar-refractivity contribution in [1.29, 1.82) is 0 Å². The average Bonchev–Trinajstić information content (AvgIpc) is 3.23. The van der Waals surface area contributed by atoms with Crippen LogP contribution in [0.5, 0.6) is 0 Å². The summed E-state index contributed by atoms with van der Waals surface area (Å²) in [5, 5.41) is 10.1. The van der Waals surface area contributed by atoms with Gasteiger partial charge in [-0.1, -0.05) is 170 Å². The largest absolute Gasteiger partial charge is 0.0622 e. The SMILES string of the molecule is c1ccc(-c2cccc(-c3ccc4c(c3)cc(-c3cc5ccccc5c5ccccc35)c3cc(-c5cccc(-c6ccccc6)c5)ccc34)c2)cc1. The summed E-state index contributed by atoms with van der Waals surface area (Å²) >= 11 is 0. The van der Waals surface area contributed by atoms with Crippen molar-refractivity contribution in [3.8, 4) is 55.6 Å². The first kappa shape index (κ1) is 30.1. The van der Waals surface area contributed by atoms with Crippen molar-refractivity contribution in [3.05, 3.63) is 206 Å². The second kappa shape index (κ2) is 12.5. The zero-order valence-corrected chi connectivity index (χ0v) is 28.6. The van der Waals surface area contributed by atoms with Gasteiger partial charge in [0.25, 0.3) is 0 Å². The summed E-state index contributed by atoms with van der Waals surface area (Å²) in [7, 11) is 0. The quantitative estimate of drug-likeness (QED) is 0.161. The van der Waals surface area contributed by atoms with Gasteiger partial charge in [0.2, 0.25) is 0 Å². The summed E-state index contributed by atoms with van der Waals surface area (Å²) in [6, 6.07) is 75.6. The van der Waals surface area contributed by atoms with E-state index in [1.54, 1.807) is 0 Å². The van der Waals surface area contributed by atoms with Crippen molar-refractivity contribution in [2.45, 2.75) is 0 Å². The molecule has 0 nitrogen and oxygen atoms in total. The molecule has 0 aliphatic rings. The molecule has 0 fully saturated rings. The van der Waals surface area contributed by atoms with Crippen LogP contribution >= 0.6 is 0 Å². The zero-order valence-electron chi connectivity index (χ0n) is 28.6. The summed E-state index contributed by atoms with van der Waals surface area (Å²) in [6.07, 6.45) is 0. The molecule has 0 radical (unpaired) electrons. The van der Waals surface area contributed by atoms with Gasteiger partial charge in [0, 0.05) is 0 Å². The third kappa shape index (κ3) is 5.25. The maximum atomic E-state index is 2.43. The predicted molar refractivity (Wildman–Crippen MR) is 224 cm³/mol. The molecule has 0 spiro atoms. The molecule has 10 aromatic rings. The van der Waals surface area contributed by atoms with Gasteiger partial charge >= 0.3 is 0 Å². The van der Waals surface area contributed by atoms with Gasteiger partial charge in [0.15, 0.2) is 0 Å². The van der Waals surface area contributed by atoms with Gasteiger partial charge in [-0.05, 0) is 135 Å². The fourth-order valence-electron chi connectivity index (χ4n) is 8.04. The second-order valence-electron chi connectivity index (χ2n) is 13.7. The molecule has 0 aliphatic carbocycles. The Labute approximate surface area is 303 Å². The Hall–Kier alpha value is -6.76. The fraction of sp³-hybridized carbons (Fsp3) is 0. The van der Waals surface area contributed by atoms with Crippen LogP contribution in [-0.4, -0.2) is 0 Å². The lowest BCUT2D eigenvalue weighted by atomic mass is 9.86. The van der Waals surface area contributed by atoms with Crippen LogP contribution in [0.25, 0.3) is 98.7 Å². The van der Waals surface area contributed by atoms with Crippen LogP contribution in [0.4, 0.5) is 0 Å². The highest BCUT2D eigenvalue weighted by atomic mass is 14.2. The van der Waals surface area contributed by atoms with Crippen molar-refractivity contribution in [1.82, 2.24) is 0 Å². The fourth-order valence-corrected chi connectivity index (χ4v) is 8.04. The molecule has 0 N–H and O–H groups in total. The van der Waals surface area contributed by atoms with E-state index in [1.807, 2.05) is 0 Å². The average molecular weight is 659 g/mol. The minimum Gasteiger partial charge on any atom is -0.0622 e. The molecule has 10 aromatic carbocycles. The molecule has 0 aromatic heterocycles. The Morgan fingerprint density at radius 3 is 1.23 bits per heavy atom. The van der Waals surface area contributed by atoms with Gasteiger partial charge in [0.1, 0.15) is 0 Å². The molecule has 242 valence electrons. The predicted octanol–water partition coefficient (Wildman–Crippen LogP) is 14.6. The molecule has 0 saturated heterocycles. The Morgan fingerprint density at radius 2 is 0.577 bits per heavy atom. The molecule has 10 rings (SSSR count). The molecular formula is C52H34. The van der Waals surface area contributed by atoms with E-state index in [1.165, 1.54) is 98.7 Å². The molecule has 0 bridgehead atoms. The number of fused-ring (bicyclic) bond motifs is 6. The van der Waals surface area contributed by atoms with Crippen LogP contribution in [0, 0.1) is 0 Å². The van der Waals surface area contributed by atoms with E-state index in [0.717, 1.165) is 0 Å². The van der Waals surface area contributed by atoms with E-state index in [2.05, 4.69) is 206 Å². The van der Waals surface area contributed by atoms with Crippen molar-refractivity contribution < 1.29 is 0 Å². The summed E-state index contributed by atoms with van der Waals surface area (Å²) in [6.45, 7) is 0. The highest BCUT2D eigenvalue weighted by Crippen LogP contribution is 2.43. The second-order valence-corrected chi connectivity index (χ2v) is 13.7. The third-order valence-electron chi connectivity index (χ3n) is 10.6. The van der Waals surface area contributed by atoms with E-state index in [9.17, 15) is 0 Å². The standard InChI is InChI=1S/C52H34/c1-3-13-35(14-4-1)37-18-11-20-39(29-37)41-25-27-46-44(31-41)34-52(51-33-43-17-7-8-22-45(43)47-23-9-10-24-48(47)51)50-32-42(26-28-49(46)50)40-21-12-19-38(30-40)36-15-5-2-6-16-36/h1-34H. The van der Waals surface area contributed by atoms with Gasteiger partial charge < -0.3 is 0 Å². The lowest BCUT2D eigenvalue weighted by molar-refractivity contribution is 1.59. The smallest absolute Gasteiger partial charge is 0.00923 e. The van der Waals surface area contributed by atoms with Crippen LogP contribution in [-0.2, 0) is 0 Å². The number of benzene rings is 10. The Balaban J connectivity index is 1.22. The van der Waals surface area contributed by atoms with E-state index >= 15 is 0 Å². The molecular weight excluding hydrogens is 625 g/mol. The Bertz CT molecular complexity index is 2940. The van der Waals surface area contributed by atoms with Crippen LogP contribution < -0.4 is 0 Å². The topological polar surface area (TPSA) is 0 Å². The number of rotatable bonds is 5. The van der Waals surface area contributed by atoms with Crippen LogP contribution in [0.2, 0.25) is 0 Å². The molecule has 52 heavy (non-hydrogen) atoms. The van der Waals surface area contributed by atoms with Gasteiger partial charge in [0.05, 0.1) is 0 Å². The molecule has 0 unspecified atom stereocenters. The normalized spacial score (nSPS) is 11.5. The first-order valence-electron chi connectivity index (χ1n) is 18.0. The van der Waals surface area contributed by atoms with E-state index in [-0.39, 0.29) is 0 Å². The summed E-state index contributed by atoms with van der Waals surface area (Å²) < 4.78 is 0. The van der Waals surface area contributed by atoms with E-state index < -0.39 is 0 Å². The van der Waals surface area contributed by atoms with Gasteiger partial charge in [-0.15, -0.1) is 0 Å². The number of hydrogen-bond acceptors (Lipinski definition) is 0. The molecule has 0 heterocycles. The summed E-state index contributed by atoms with van der Waals surface area (Å²) in [5.74, 6) is 0. The van der Waals surface area contributed by atoms with Gasteiger partial charge in [-0.25, -0.2) is 0 Å². The van der Waals surface area contributed by atoms with Crippen LogP contribution in [0.15, 0.2) is 206 Å².